The zero-order chi connectivity index (χ0) is 12.7. The summed E-state index contributed by atoms with van der Waals surface area (Å²) in [4.78, 5) is 13.5. The standard InChI is InChI=1S/C13H27N3O/c1-4-7-15-11(2)12-5-8-16(9-6-12)10-13(17)14-3/h11-12,15H,4-10H2,1-3H3,(H,14,17). The van der Waals surface area contributed by atoms with Crippen molar-refractivity contribution in [3.05, 3.63) is 0 Å². The lowest BCUT2D eigenvalue weighted by atomic mass is 9.90. The highest BCUT2D eigenvalue weighted by molar-refractivity contribution is 5.77. The molecule has 1 fully saturated rings. The van der Waals surface area contributed by atoms with Crippen LogP contribution in [0.25, 0.3) is 0 Å². The van der Waals surface area contributed by atoms with Crippen molar-refractivity contribution in [1.82, 2.24) is 15.5 Å². The minimum atomic E-state index is 0.126. The van der Waals surface area contributed by atoms with E-state index in [0.717, 1.165) is 25.6 Å². The molecule has 1 aliphatic rings. The summed E-state index contributed by atoms with van der Waals surface area (Å²) in [5.74, 6) is 0.892. The van der Waals surface area contributed by atoms with Gasteiger partial charge >= 0.3 is 0 Å². The molecule has 1 aliphatic heterocycles. The molecule has 0 aliphatic carbocycles. The van der Waals surface area contributed by atoms with Crippen LogP contribution in [0.2, 0.25) is 0 Å². The van der Waals surface area contributed by atoms with E-state index in [0.29, 0.717) is 12.6 Å². The third-order valence-electron chi connectivity index (χ3n) is 3.70. The molecule has 4 nitrogen and oxygen atoms in total. The molecule has 1 unspecified atom stereocenters. The van der Waals surface area contributed by atoms with Crippen molar-refractivity contribution in [1.29, 1.82) is 0 Å². The molecule has 4 heteroatoms. The highest BCUT2D eigenvalue weighted by Crippen LogP contribution is 2.20. The van der Waals surface area contributed by atoms with Gasteiger partial charge in [-0.15, -0.1) is 0 Å². The highest BCUT2D eigenvalue weighted by atomic mass is 16.1. The van der Waals surface area contributed by atoms with Crippen LogP contribution in [0, 0.1) is 5.92 Å². The number of carbonyl (C=O) groups excluding carboxylic acids is 1. The Kier molecular flexibility index (Phi) is 6.52. The Morgan fingerprint density at radius 2 is 2.06 bits per heavy atom. The van der Waals surface area contributed by atoms with Gasteiger partial charge in [-0.3, -0.25) is 9.69 Å². The molecule has 17 heavy (non-hydrogen) atoms. The second-order valence-corrected chi connectivity index (χ2v) is 5.03. The number of carbonyl (C=O) groups is 1. The molecule has 2 N–H and O–H groups in total. The third kappa shape index (κ3) is 5.04. The summed E-state index contributed by atoms with van der Waals surface area (Å²) in [7, 11) is 1.70. The van der Waals surface area contributed by atoms with Gasteiger partial charge < -0.3 is 10.6 Å². The Bertz CT molecular complexity index is 225. The third-order valence-corrected chi connectivity index (χ3v) is 3.70. The molecular weight excluding hydrogens is 214 g/mol. The summed E-state index contributed by atoms with van der Waals surface area (Å²) in [5.41, 5.74) is 0. The van der Waals surface area contributed by atoms with Gasteiger partial charge in [-0.2, -0.15) is 0 Å². The van der Waals surface area contributed by atoms with Gasteiger partial charge in [-0.1, -0.05) is 6.92 Å². The van der Waals surface area contributed by atoms with E-state index in [2.05, 4.69) is 29.4 Å². The van der Waals surface area contributed by atoms with E-state index < -0.39 is 0 Å². The first-order valence-electron chi connectivity index (χ1n) is 6.83. The first-order chi connectivity index (χ1) is 8.17. The van der Waals surface area contributed by atoms with Crippen molar-refractivity contribution >= 4 is 5.91 Å². The topological polar surface area (TPSA) is 44.4 Å². The van der Waals surface area contributed by atoms with Gasteiger partial charge in [0.1, 0.15) is 0 Å². The maximum absolute atomic E-state index is 11.3. The van der Waals surface area contributed by atoms with Gasteiger partial charge in [0.25, 0.3) is 0 Å². The molecule has 1 amide bonds. The molecule has 0 aromatic carbocycles. The monoisotopic (exact) mass is 241 g/mol. The van der Waals surface area contributed by atoms with Gasteiger partial charge in [-0.05, 0) is 51.7 Å². The lowest BCUT2D eigenvalue weighted by Gasteiger charge is -2.34. The van der Waals surface area contributed by atoms with Crippen molar-refractivity contribution < 1.29 is 4.79 Å². The van der Waals surface area contributed by atoms with Gasteiger partial charge in [0.15, 0.2) is 0 Å². The maximum atomic E-state index is 11.3. The van der Waals surface area contributed by atoms with Crippen LogP contribution in [0.4, 0.5) is 0 Å². The number of rotatable bonds is 6. The highest BCUT2D eigenvalue weighted by Gasteiger charge is 2.24. The molecule has 0 aromatic heterocycles. The fraction of sp³-hybridized carbons (Fsp3) is 0.923. The summed E-state index contributed by atoms with van der Waals surface area (Å²) in [6, 6.07) is 0.608. The van der Waals surface area contributed by atoms with Crippen LogP contribution in [-0.2, 0) is 4.79 Å². The molecule has 1 atom stereocenters. The average Bonchev–Trinajstić information content (AvgIpc) is 2.36. The number of hydrogen-bond acceptors (Lipinski definition) is 3. The molecule has 1 heterocycles. The molecule has 1 rings (SSSR count). The Morgan fingerprint density at radius 3 is 2.59 bits per heavy atom. The van der Waals surface area contributed by atoms with Gasteiger partial charge in [-0.25, -0.2) is 0 Å². The van der Waals surface area contributed by atoms with E-state index in [1.54, 1.807) is 7.05 Å². The Labute approximate surface area is 105 Å². The van der Waals surface area contributed by atoms with E-state index in [4.69, 9.17) is 0 Å². The summed E-state index contributed by atoms with van der Waals surface area (Å²) < 4.78 is 0. The van der Waals surface area contributed by atoms with Crippen molar-refractivity contribution in [2.75, 3.05) is 33.2 Å². The Balaban J connectivity index is 2.23. The first-order valence-corrected chi connectivity index (χ1v) is 6.83. The second-order valence-electron chi connectivity index (χ2n) is 5.03. The maximum Gasteiger partial charge on any atom is 0.233 e. The molecule has 0 bridgehead atoms. The van der Waals surface area contributed by atoms with Crippen LogP contribution < -0.4 is 10.6 Å². The number of amides is 1. The van der Waals surface area contributed by atoms with Crippen molar-refractivity contribution in [3.8, 4) is 0 Å². The van der Waals surface area contributed by atoms with Gasteiger partial charge in [0, 0.05) is 13.1 Å². The van der Waals surface area contributed by atoms with Gasteiger partial charge in [0.2, 0.25) is 5.91 Å². The molecule has 0 aromatic rings. The normalized spacial score (nSPS) is 20.2. The SMILES string of the molecule is CCCNC(C)C1CCN(CC(=O)NC)CC1. The molecule has 100 valence electrons. The lowest BCUT2D eigenvalue weighted by molar-refractivity contribution is -0.122. The molecule has 0 radical (unpaired) electrons. The second kappa shape index (κ2) is 7.67. The average molecular weight is 241 g/mol. The van der Waals surface area contributed by atoms with Crippen LogP contribution in [0.1, 0.15) is 33.1 Å². The number of likely N-dealkylation sites (N-methyl/N-ethyl adjacent to an activating group) is 1. The summed E-state index contributed by atoms with van der Waals surface area (Å²) in [5, 5.41) is 6.25. The summed E-state index contributed by atoms with van der Waals surface area (Å²) in [6.07, 6.45) is 3.60. The van der Waals surface area contributed by atoms with E-state index in [1.165, 1.54) is 19.3 Å². The summed E-state index contributed by atoms with van der Waals surface area (Å²) >= 11 is 0. The Morgan fingerprint density at radius 1 is 1.41 bits per heavy atom. The largest absolute Gasteiger partial charge is 0.358 e. The number of likely N-dealkylation sites (tertiary alicyclic amines) is 1. The number of piperidine rings is 1. The van der Waals surface area contributed by atoms with Crippen molar-refractivity contribution in [2.45, 2.75) is 39.2 Å². The zero-order valence-corrected chi connectivity index (χ0v) is 11.5. The molecule has 0 saturated carbocycles. The molecule has 0 spiro atoms. The minimum Gasteiger partial charge on any atom is -0.358 e. The van der Waals surface area contributed by atoms with Crippen LogP contribution in [-0.4, -0.2) is 50.1 Å². The van der Waals surface area contributed by atoms with Crippen LogP contribution in [0.15, 0.2) is 0 Å². The van der Waals surface area contributed by atoms with E-state index in [-0.39, 0.29) is 5.91 Å². The summed E-state index contributed by atoms with van der Waals surface area (Å²) in [6.45, 7) is 8.26. The zero-order valence-electron chi connectivity index (χ0n) is 11.5. The number of hydrogen-bond donors (Lipinski definition) is 2. The lowest BCUT2D eigenvalue weighted by Crippen LogP contribution is -2.45. The minimum absolute atomic E-state index is 0.126. The number of nitrogens with zero attached hydrogens (tertiary/aromatic N) is 1. The van der Waals surface area contributed by atoms with Crippen LogP contribution in [0.5, 0.6) is 0 Å². The first kappa shape index (κ1) is 14.5. The van der Waals surface area contributed by atoms with Crippen LogP contribution >= 0.6 is 0 Å². The number of nitrogens with one attached hydrogen (secondary N) is 2. The smallest absolute Gasteiger partial charge is 0.233 e. The molecule has 1 saturated heterocycles. The van der Waals surface area contributed by atoms with Crippen molar-refractivity contribution in [3.63, 3.8) is 0 Å². The fourth-order valence-corrected chi connectivity index (χ4v) is 2.43. The molecular formula is C13H27N3O. The van der Waals surface area contributed by atoms with Gasteiger partial charge in [0.05, 0.1) is 6.54 Å². The predicted octanol–water partition coefficient (Wildman–Crippen LogP) is 0.833. The van der Waals surface area contributed by atoms with E-state index in [9.17, 15) is 4.79 Å². The predicted molar refractivity (Wildman–Crippen MR) is 71.0 cm³/mol. The van der Waals surface area contributed by atoms with Crippen molar-refractivity contribution in [2.24, 2.45) is 5.92 Å². The quantitative estimate of drug-likeness (QED) is 0.724. The van der Waals surface area contributed by atoms with E-state index in [1.807, 2.05) is 0 Å². The fourth-order valence-electron chi connectivity index (χ4n) is 2.43. The Hall–Kier alpha value is -0.610. The van der Waals surface area contributed by atoms with Crippen LogP contribution in [0.3, 0.4) is 0 Å². The van der Waals surface area contributed by atoms with E-state index >= 15 is 0 Å².